The van der Waals surface area contributed by atoms with Gasteiger partial charge < -0.3 is 18.0 Å². The summed E-state index contributed by atoms with van der Waals surface area (Å²) in [6, 6.07) is 0. The molecule has 1 aliphatic heterocycles. The van der Waals surface area contributed by atoms with Crippen molar-refractivity contribution in [1.29, 1.82) is 0 Å². The summed E-state index contributed by atoms with van der Waals surface area (Å²) in [5, 5.41) is 0.402. The number of nitrogens with zero attached hydrogens (tertiary/aromatic N) is 4. The summed E-state index contributed by atoms with van der Waals surface area (Å²) >= 11 is 6.39. The van der Waals surface area contributed by atoms with Crippen LogP contribution in [0, 0.1) is 0 Å². The van der Waals surface area contributed by atoms with Crippen LogP contribution in [0.3, 0.4) is 0 Å². The molecule has 0 aromatic carbocycles. The van der Waals surface area contributed by atoms with Crippen LogP contribution in [0.25, 0.3) is 11.2 Å². The number of aromatic nitrogens is 4. The van der Waals surface area contributed by atoms with Crippen molar-refractivity contribution >= 4 is 47.7 Å². The molecule has 0 radical (unpaired) electrons. The molecule has 12 heteroatoms. The van der Waals surface area contributed by atoms with Crippen LogP contribution in [0.15, 0.2) is 12.7 Å². The average Bonchev–Trinajstić information content (AvgIpc) is 3.32. The Hall–Kier alpha value is -0.669. The first kappa shape index (κ1) is 33.8. The lowest BCUT2D eigenvalue weighted by Gasteiger charge is -2.44. The van der Waals surface area contributed by atoms with Gasteiger partial charge in [0.25, 0.3) is 0 Å². The van der Waals surface area contributed by atoms with Crippen molar-refractivity contribution in [3.8, 4) is 0 Å². The van der Waals surface area contributed by atoms with E-state index in [0.29, 0.717) is 22.9 Å². The standard InChI is InChI=1S/C28H53ClN4O4Si3/c1-26(2,3)38(10,11)34-16-19-21(36-39(12,13)27(4,5)6)22(37-40(14,15)28(7,8)9)25(35-19)33-18-32-20-23(29)30-17-31-24(20)33/h17-19,21-22,25H,16H2,1-15H3/t19-,21-,22-,25?/m1/s1. The van der Waals surface area contributed by atoms with E-state index in [1.165, 1.54) is 6.33 Å². The van der Waals surface area contributed by atoms with Crippen LogP contribution < -0.4 is 0 Å². The Bertz CT molecular complexity index is 1180. The van der Waals surface area contributed by atoms with Crippen LogP contribution in [-0.2, 0) is 18.0 Å². The topological polar surface area (TPSA) is 80.5 Å². The second-order valence-corrected chi connectivity index (χ2v) is 30.5. The summed E-state index contributed by atoms with van der Waals surface area (Å²) in [5.74, 6) is 0. The van der Waals surface area contributed by atoms with Gasteiger partial charge in [-0.15, -0.1) is 0 Å². The second kappa shape index (κ2) is 11.1. The third kappa shape index (κ3) is 6.77. The molecule has 1 unspecified atom stereocenters. The Morgan fingerprint density at radius 3 is 1.77 bits per heavy atom. The third-order valence-electron chi connectivity index (χ3n) is 9.76. The predicted octanol–water partition coefficient (Wildman–Crippen LogP) is 8.18. The Kier molecular flexibility index (Phi) is 9.40. The van der Waals surface area contributed by atoms with Gasteiger partial charge in [0.05, 0.1) is 12.9 Å². The summed E-state index contributed by atoms with van der Waals surface area (Å²) < 4.78 is 30.1. The minimum absolute atomic E-state index is 0.00269. The molecule has 1 fully saturated rings. The van der Waals surface area contributed by atoms with Gasteiger partial charge in [0.1, 0.15) is 30.2 Å². The Labute approximate surface area is 250 Å². The van der Waals surface area contributed by atoms with Gasteiger partial charge in [0, 0.05) is 0 Å². The molecule has 8 nitrogen and oxygen atoms in total. The van der Waals surface area contributed by atoms with E-state index in [0.717, 1.165) is 0 Å². The largest absolute Gasteiger partial charge is 0.414 e. The van der Waals surface area contributed by atoms with Gasteiger partial charge in [0.2, 0.25) is 0 Å². The van der Waals surface area contributed by atoms with Crippen LogP contribution in [0.5, 0.6) is 0 Å². The highest BCUT2D eigenvalue weighted by atomic mass is 35.5. The zero-order valence-electron chi connectivity index (χ0n) is 27.5. The Morgan fingerprint density at radius 1 is 0.775 bits per heavy atom. The molecule has 0 spiro atoms. The van der Waals surface area contributed by atoms with Crippen LogP contribution in [0.1, 0.15) is 68.5 Å². The molecule has 4 atom stereocenters. The predicted molar refractivity (Wildman–Crippen MR) is 172 cm³/mol. The summed E-state index contributed by atoms with van der Waals surface area (Å²) in [4.78, 5) is 13.2. The number of hydrogen-bond acceptors (Lipinski definition) is 7. The minimum Gasteiger partial charge on any atom is -0.414 e. The smallest absolute Gasteiger partial charge is 0.192 e. The van der Waals surface area contributed by atoms with Crippen molar-refractivity contribution in [2.24, 2.45) is 0 Å². The number of hydrogen-bond donors (Lipinski definition) is 0. The molecule has 0 saturated carbocycles. The normalized spacial score (nSPS) is 23.8. The Morgan fingerprint density at radius 2 is 1.27 bits per heavy atom. The minimum atomic E-state index is -2.25. The summed E-state index contributed by atoms with van der Waals surface area (Å²) in [5.41, 5.74) is 1.16. The summed E-state index contributed by atoms with van der Waals surface area (Å²) in [6.07, 6.45) is 1.67. The number of rotatable bonds is 8. The van der Waals surface area contributed by atoms with Crippen LogP contribution in [0.2, 0.25) is 59.5 Å². The molecule has 40 heavy (non-hydrogen) atoms. The van der Waals surface area contributed by atoms with Gasteiger partial charge in [-0.2, -0.15) is 0 Å². The molecule has 3 rings (SSSR count). The van der Waals surface area contributed by atoms with E-state index in [9.17, 15) is 0 Å². The van der Waals surface area contributed by atoms with Crippen LogP contribution in [-0.4, -0.2) is 69.4 Å². The molecule has 0 amide bonds. The molecule has 3 heterocycles. The summed E-state index contributed by atoms with van der Waals surface area (Å²) in [6.45, 7) is 34.4. The molecule has 228 valence electrons. The van der Waals surface area contributed by atoms with Gasteiger partial charge in [-0.3, -0.25) is 4.57 Å². The molecule has 2 aromatic heterocycles. The monoisotopic (exact) mass is 628 g/mol. The van der Waals surface area contributed by atoms with Crippen molar-refractivity contribution in [3.05, 3.63) is 17.8 Å². The first-order chi connectivity index (χ1) is 17.9. The zero-order chi connectivity index (χ0) is 30.7. The molecular formula is C28H53ClN4O4Si3. The molecule has 1 aliphatic rings. The number of ether oxygens (including phenoxy) is 1. The molecule has 1 saturated heterocycles. The average molecular weight is 629 g/mol. The maximum absolute atomic E-state index is 7.22. The van der Waals surface area contributed by atoms with E-state index >= 15 is 0 Å². The third-order valence-corrected chi connectivity index (χ3v) is 23.5. The first-order valence-electron chi connectivity index (χ1n) is 14.4. The van der Waals surface area contributed by atoms with E-state index < -0.39 is 31.2 Å². The maximum atomic E-state index is 7.22. The van der Waals surface area contributed by atoms with Crippen LogP contribution in [0.4, 0.5) is 0 Å². The van der Waals surface area contributed by atoms with E-state index in [2.05, 4.69) is 117 Å². The SMILES string of the molecule is CC(C)(C)[Si](C)(C)OC[C@H]1OC(n2cnc3c(Cl)ncnc32)[C@H](O[Si](C)(C)C(C)(C)C)[C@@H]1O[Si](C)(C)C(C)(C)C. The Balaban J connectivity index is 2.15. The van der Waals surface area contributed by atoms with E-state index in [-0.39, 0.29) is 33.4 Å². The fourth-order valence-electron chi connectivity index (χ4n) is 3.88. The van der Waals surface area contributed by atoms with Gasteiger partial charge in [-0.25, -0.2) is 15.0 Å². The van der Waals surface area contributed by atoms with Crippen molar-refractivity contribution in [2.45, 2.75) is 141 Å². The number of halogens is 1. The quantitative estimate of drug-likeness (QED) is 0.215. The number of imidazole rings is 1. The lowest BCUT2D eigenvalue weighted by atomic mass is 10.1. The molecule has 0 N–H and O–H groups in total. The van der Waals surface area contributed by atoms with Gasteiger partial charge in [0.15, 0.2) is 42.0 Å². The van der Waals surface area contributed by atoms with Crippen molar-refractivity contribution < 1.29 is 18.0 Å². The van der Waals surface area contributed by atoms with Gasteiger partial charge >= 0.3 is 0 Å². The molecule has 2 aromatic rings. The van der Waals surface area contributed by atoms with Crippen molar-refractivity contribution in [3.63, 3.8) is 0 Å². The lowest BCUT2D eigenvalue weighted by Crippen LogP contribution is -2.54. The molecular weight excluding hydrogens is 576 g/mol. The molecule has 0 aliphatic carbocycles. The highest BCUT2D eigenvalue weighted by molar-refractivity contribution is 6.75. The van der Waals surface area contributed by atoms with E-state index in [4.69, 9.17) is 29.6 Å². The molecule has 0 bridgehead atoms. The van der Waals surface area contributed by atoms with E-state index in [1.807, 2.05) is 4.57 Å². The van der Waals surface area contributed by atoms with E-state index in [1.54, 1.807) is 6.33 Å². The van der Waals surface area contributed by atoms with Crippen molar-refractivity contribution in [1.82, 2.24) is 19.5 Å². The maximum Gasteiger partial charge on any atom is 0.192 e. The fourth-order valence-corrected chi connectivity index (χ4v) is 7.68. The fraction of sp³-hybridized carbons (Fsp3) is 0.821. The van der Waals surface area contributed by atoms with Gasteiger partial charge in [-0.1, -0.05) is 73.9 Å². The highest BCUT2D eigenvalue weighted by Gasteiger charge is 2.55. The van der Waals surface area contributed by atoms with Crippen molar-refractivity contribution in [2.75, 3.05) is 6.61 Å². The first-order valence-corrected chi connectivity index (χ1v) is 23.5. The number of fused-ring (bicyclic) bond motifs is 1. The zero-order valence-corrected chi connectivity index (χ0v) is 31.2. The highest BCUT2D eigenvalue weighted by Crippen LogP contribution is 2.47. The second-order valence-electron chi connectivity index (χ2n) is 15.8. The lowest BCUT2D eigenvalue weighted by molar-refractivity contribution is -0.0470. The van der Waals surface area contributed by atoms with Gasteiger partial charge in [-0.05, 0) is 54.4 Å². The van der Waals surface area contributed by atoms with Crippen LogP contribution >= 0.6 is 11.6 Å². The summed E-state index contributed by atoms with van der Waals surface area (Å²) in [7, 11) is -6.53.